The third-order valence-corrected chi connectivity index (χ3v) is 3.02. The van der Waals surface area contributed by atoms with E-state index in [4.69, 9.17) is 0 Å². The molecule has 1 aromatic carbocycles. The largest absolute Gasteiger partial charge is 0.313 e. The summed E-state index contributed by atoms with van der Waals surface area (Å²) in [5.74, 6) is -3.23. The Labute approximate surface area is 101 Å². The fraction of sp³-hybridized carbons (Fsp3) is 0.455. The SMILES string of the molecule is CS(=O)CCCNCc1cc(F)c(F)c(F)c1. The smallest absolute Gasteiger partial charge is 0.194 e. The zero-order valence-electron chi connectivity index (χ0n) is 9.43. The maximum Gasteiger partial charge on any atom is 0.194 e. The Morgan fingerprint density at radius 2 is 1.82 bits per heavy atom. The first-order valence-corrected chi connectivity index (χ1v) is 6.87. The van der Waals surface area contributed by atoms with Gasteiger partial charge in [0, 0.05) is 29.4 Å². The Bertz CT molecular complexity index is 389. The van der Waals surface area contributed by atoms with Crippen LogP contribution in [-0.2, 0) is 17.3 Å². The molecule has 0 spiro atoms. The predicted molar refractivity (Wildman–Crippen MR) is 61.6 cm³/mol. The minimum atomic E-state index is -1.45. The van der Waals surface area contributed by atoms with Crippen LogP contribution in [0.2, 0.25) is 0 Å². The van der Waals surface area contributed by atoms with Crippen molar-refractivity contribution in [2.75, 3.05) is 18.6 Å². The number of benzene rings is 1. The summed E-state index contributed by atoms with van der Waals surface area (Å²) >= 11 is 0. The molecule has 0 saturated heterocycles. The third kappa shape index (κ3) is 4.87. The van der Waals surface area contributed by atoms with Crippen LogP contribution in [0.3, 0.4) is 0 Å². The Hall–Kier alpha value is -0.880. The lowest BCUT2D eigenvalue weighted by Gasteiger charge is -2.05. The standard InChI is InChI=1S/C11H14F3NOS/c1-17(16)4-2-3-15-7-8-5-9(12)11(14)10(13)6-8/h5-6,15H,2-4,7H2,1H3. The van der Waals surface area contributed by atoms with Crippen molar-refractivity contribution >= 4 is 10.8 Å². The van der Waals surface area contributed by atoms with Crippen LogP contribution in [0.4, 0.5) is 13.2 Å². The van der Waals surface area contributed by atoms with E-state index in [1.165, 1.54) is 0 Å². The van der Waals surface area contributed by atoms with Crippen molar-refractivity contribution in [1.82, 2.24) is 5.32 Å². The summed E-state index contributed by atoms with van der Waals surface area (Å²) in [6.45, 7) is 0.852. The van der Waals surface area contributed by atoms with Gasteiger partial charge in [-0.15, -0.1) is 0 Å². The van der Waals surface area contributed by atoms with Gasteiger partial charge >= 0.3 is 0 Å². The minimum absolute atomic E-state index is 0.254. The monoisotopic (exact) mass is 265 g/mol. The van der Waals surface area contributed by atoms with Gasteiger partial charge in [0.05, 0.1) is 0 Å². The molecule has 0 radical (unpaired) electrons. The number of rotatable bonds is 6. The Morgan fingerprint density at radius 3 is 2.35 bits per heavy atom. The molecule has 0 aromatic heterocycles. The summed E-state index contributed by atoms with van der Waals surface area (Å²) in [6, 6.07) is 1.92. The van der Waals surface area contributed by atoms with E-state index in [0.717, 1.165) is 18.6 Å². The van der Waals surface area contributed by atoms with Crippen molar-refractivity contribution in [1.29, 1.82) is 0 Å². The zero-order valence-corrected chi connectivity index (χ0v) is 10.3. The maximum absolute atomic E-state index is 12.8. The molecule has 1 atom stereocenters. The zero-order chi connectivity index (χ0) is 12.8. The van der Waals surface area contributed by atoms with Crippen LogP contribution in [-0.4, -0.2) is 22.8 Å². The normalized spacial score (nSPS) is 12.7. The molecule has 6 heteroatoms. The molecule has 1 rings (SSSR count). The molecule has 0 bridgehead atoms. The first-order valence-electron chi connectivity index (χ1n) is 5.15. The van der Waals surface area contributed by atoms with Crippen molar-refractivity contribution < 1.29 is 17.4 Å². The maximum atomic E-state index is 12.8. The van der Waals surface area contributed by atoms with Crippen LogP contribution in [0.25, 0.3) is 0 Å². The summed E-state index contributed by atoms with van der Waals surface area (Å²) < 4.78 is 49.1. The van der Waals surface area contributed by atoms with Crippen LogP contribution in [0.15, 0.2) is 12.1 Å². The van der Waals surface area contributed by atoms with Gasteiger partial charge in [0.15, 0.2) is 17.5 Å². The first kappa shape index (κ1) is 14.2. The lowest BCUT2D eigenvalue weighted by Crippen LogP contribution is -2.17. The lowest BCUT2D eigenvalue weighted by molar-refractivity contribution is 0.444. The number of nitrogens with one attached hydrogen (secondary N) is 1. The minimum Gasteiger partial charge on any atom is -0.313 e. The first-order chi connectivity index (χ1) is 8.00. The molecule has 1 aromatic rings. The molecule has 96 valence electrons. The van der Waals surface area contributed by atoms with Gasteiger partial charge in [-0.1, -0.05) is 0 Å². The highest BCUT2D eigenvalue weighted by atomic mass is 32.2. The van der Waals surface area contributed by atoms with E-state index in [1.807, 2.05) is 0 Å². The third-order valence-electron chi connectivity index (χ3n) is 2.16. The molecule has 2 nitrogen and oxygen atoms in total. The van der Waals surface area contributed by atoms with Crippen molar-refractivity contribution in [2.24, 2.45) is 0 Å². The van der Waals surface area contributed by atoms with Gasteiger partial charge < -0.3 is 5.32 Å². The molecule has 1 N–H and O–H groups in total. The number of halogens is 3. The number of hydrogen-bond acceptors (Lipinski definition) is 2. The fourth-order valence-corrected chi connectivity index (χ4v) is 1.89. The van der Waals surface area contributed by atoms with Crippen LogP contribution >= 0.6 is 0 Å². The van der Waals surface area contributed by atoms with Crippen molar-refractivity contribution in [3.63, 3.8) is 0 Å². The Balaban J connectivity index is 2.39. The van der Waals surface area contributed by atoms with E-state index in [1.54, 1.807) is 6.26 Å². The summed E-state index contributed by atoms with van der Waals surface area (Å²) in [6.07, 6.45) is 2.33. The highest BCUT2D eigenvalue weighted by molar-refractivity contribution is 7.84. The van der Waals surface area contributed by atoms with Crippen LogP contribution < -0.4 is 5.32 Å². The lowest BCUT2D eigenvalue weighted by atomic mass is 10.2. The molecular weight excluding hydrogens is 251 g/mol. The fourth-order valence-electron chi connectivity index (χ4n) is 1.34. The van der Waals surface area contributed by atoms with Crippen LogP contribution in [0, 0.1) is 17.5 Å². The van der Waals surface area contributed by atoms with Gasteiger partial charge in [0.1, 0.15) is 0 Å². The molecule has 17 heavy (non-hydrogen) atoms. The quantitative estimate of drug-likeness (QED) is 0.629. The summed E-state index contributed by atoms with van der Waals surface area (Å²) in [5, 5.41) is 2.94. The van der Waals surface area contributed by atoms with Crippen molar-refractivity contribution in [2.45, 2.75) is 13.0 Å². The predicted octanol–water partition coefficient (Wildman–Crippen LogP) is 1.96. The molecule has 0 saturated carbocycles. The molecule has 0 aliphatic heterocycles. The average molecular weight is 265 g/mol. The van der Waals surface area contributed by atoms with E-state index in [2.05, 4.69) is 5.32 Å². The van der Waals surface area contributed by atoms with E-state index in [9.17, 15) is 17.4 Å². The molecule has 0 aliphatic carbocycles. The second-order valence-electron chi connectivity index (χ2n) is 3.68. The second-order valence-corrected chi connectivity index (χ2v) is 5.24. The van der Waals surface area contributed by atoms with Crippen molar-refractivity contribution in [3.8, 4) is 0 Å². The van der Waals surface area contributed by atoms with Gasteiger partial charge in [-0.25, -0.2) is 13.2 Å². The number of hydrogen-bond donors (Lipinski definition) is 1. The molecule has 0 amide bonds. The van der Waals surface area contributed by atoms with Gasteiger partial charge in [-0.3, -0.25) is 4.21 Å². The van der Waals surface area contributed by atoms with E-state index >= 15 is 0 Å². The molecule has 0 aliphatic rings. The van der Waals surface area contributed by atoms with Crippen LogP contribution in [0.1, 0.15) is 12.0 Å². The highest BCUT2D eigenvalue weighted by Gasteiger charge is 2.09. The average Bonchev–Trinajstić information content (AvgIpc) is 2.25. The van der Waals surface area contributed by atoms with E-state index < -0.39 is 28.3 Å². The summed E-state index contributed by atoms with van der Waals surface area (Å²) in [5.41, 5.74) is 0.346. The van der Waals surface area contributed by atoms with E-state index in [-0.39, 0.29) is 6.54 Å². The highest BCUT2D eigenvalue weighted by Crippen LogP contribution is 2.13. The molecule has 1 unspecified atom stereocenters. The van der Waals surface area contributed by atoms with Gasteiger partial charge in [0.2, 0.25) is 0 Å². The molecule has 0 heterocycles. The summed E-state index contributed by atoms with van der Waals surface area (Å²) in [4.78, 5) is 0. The van der Waals surface area contributed by atoms with Crippen LogP contribution in [0.5, 0.6) is 0 Å². The molecule has 0 fully saturated rings. The van der Waals surface area contributed by atoms with Gasteiger partial charge in [-0.2, -0.15) is 0 Å². The van der Waals surface area contributed by atoms with Crippen molar-refractivity contribution in [3.05, 3.63) is 35.1 Å². The second kappa shape index (κ2) is 6.76. The van der Waals surface area contributed by atoms with Gasteiger partial charge in [0.25, 0.3) is 0 Å². The molecular formula is C11H14F3NOS. The topological polar surface area (TPSA) is 29.1 Å². The van der Waals surface area contributed by atoms with E-state index in [0.29, 0.717) is 17.9 Å². The summed E-state index contributed by atoms with van der Waals surface area (Å²) in [7, 11) is -0.834. The van der Waals surface area contributed by atoms with Gasteiger partial charge in [-0.05, 0) is 30.7 Å². The Morgan fingerprint density at radius 1 is 1.24 bits per heavy atom. The Kier molecular flexibility index (Phi) is 5.64.